The molecule has 2 rings (SSSR count). The van der Waals surface area contributed by atoms with E-state index in [1.54, 1.807) is 0 Å². The van der Waals surface area contributed by atoms with Crippen LogP contribution >= 0.6 is 0 Å². The molecule has 0 aliphatic carbocycles. The molecule has 0 aromatic carbocycles. The van der Waals surface area contributed by atoms with Crippen LogP contribution in [0.4, 0.5) is 0 Å². The normalized spacial score (nSPS) is 21.6. The van der Waals surface area contributed by atoms with Crippen LogP contribution < -0.4 is 10.6 Å². The number of amides is 1. The largest absolute Gasteiger partial charge is 0.448 e. The smallest absolute Gasteiger partial charge is 0.273 e. The van der Waals surface area contributed by atoms with Gasteiger partial charge in [-0.15, -0.1) is 0 Å². The molecule has 2 heterocycles. The van der Waals surface area contributed by atoms with E-state index >= 15 is 0 Å². The summed E-state index contributed by atoms with van der Waals surface area (Å²) in [5.41, 5.74) is 0.385. The minimum absolute atomic E-state index is 0.150. The Bertz CT molecular complexity index is 397. The fourth-order valence-electron chi connectivity index (χ4n) is 2.04. The number of nitrogens with one attached hydrogen (secondary N) is 2. The number of oxazole rings is 1. The number of hydrogen-bond donors (Lipinski definition) is 2. The van der Waals surface area contributed by atoms with Crippen LogP contribution in [-0.4, -0.2) is 30.0 Å². The predicted octanol–water partition coefficient (Wildman–Crippen LogP) is 1.67. The number of piperidine rings is 1. The monoisotopic (exact) mass is 251 g/mol. The van der Waals surface area contributed by atoms with Gasteiger partial charge in [-0.3, -0.25) is 4.79 Å². The lowest BCUT2D eigenvalue weighted by Gasteiger charge is -2.19. The van der Waals surface area contributed by atoms with E-state index in [4.69, 9.17) is 4.42 Å². The maximum Gasteiger partial charge on any atom is 0.273 e. The van der Waals surface area contributed by atoms with E-state index in [1.807, 2.05) is 13.8 Å². The van der Waals surface area contributed by atoms with E-state index < -0.39 is 0 Å². The lowest BCUT2D eigenvalue weighted by atomic mass is 10.00. The molecule has 1 aliphatic heterocycles. The molecule has 0 spiro atoms. The van der Waals surface area contributed by atoms with Crippen molar-refractivity contribution in [3.63, 3.8) is 0 Å². The minimum atomic E-state index is -0.150. The summed E-state index contributed by atoms with van der Waals surface area (Å²) in [5, 5.41) is 6.20. The molecule has 1 aromatic rings. The number of carbonyl (C=O) groups excluding carboxylic acids is 1. The Hall–Kier alpha value is -1.36. The number of carbonyl (C=O) groups is 1. The molecule has 2 atom stereocenters. The Kier molecular flexibility index (Phi) is 4.36. The van der Waals surface area contributed by atoms with Gasteiger partial charge in [0.05, 0.1) is 0 Å². The molecule has 1 saturated heterocycles. The third-order valence-corrected chi connectivity index (χ3v) is 3.39. The van der Waals surface area contributed by atoms with Gasteiger partial charge in [0.25, 0.3) is 5.91 Å². The van der Waals surface area contributed by atoms with Crippen molar-refractivity contribution in [2.75, 3.05) is 13.1 Å². The van der Waals surface area contributed by atoms with Gasteiger partial charge in [-0.05, 0) is 32.7 Å². The minimum Gasteiger partial charge on any atom is -0.448 e. The highest BCUT2D eigenvalue weighted by atomic mass is 16.3. The lowest BCUT2D eigenvalue weighted by molar-refractivity contribution is 0.0934. The Morgan fingerprint density at radius 2 is 2.56 bits per heavy atom. The van der Waals surface area contributed by atoms with E-state index in [0.717, 1.165) is 32.4 Å². The Morgan fingerprint density at radius 1 is 1.72 bits per heavy atom. The van der Waals surface area contributed by atoms with Crippen molar-refractivity contribution in [2.24, 2.45) is 0 Å². The van der Waals surface area contributed by atoms with Crippen molar-refractivity contribution in [1.29, 1.82) is 0 Å². The van der Waals surface area contributed by atoms with Crippen LogP contribution in [0.2, 0.25) is 0 Å². The average molecular weight is 251 g/mol. The zero-order valence-electron chi connectivity index (χ0n) is 11.0. The van der Waals surface area contributed by atoms with E-state index in [-0.39, 0.29) is 11.9 Å². The van der Waals surface area contributed by atoms with Crippen molar-refractivity contribution >= 4 is 5.91 Å². The van der Waals surface area contributed by atoms with Gasteiger partial charge in [0, 0.05) is 18.5 Å². The molecule has 0 bridgehead atoms. The fourth-order valence-corrected chi connectivity index (χ4v) is 2.04. The van der Waals surface area contributed by atoms with Crippen molar-refractivity contribution in [1.82, 2.24) is 15.6 Å². The highest BCUT2D eigenvalue weighted by Gasteiger charge is 2.22. The number of nitrogens with zero attached hydrogens (tertiary/aromatic N) is 1. The molecule has 2 N–H and O–H groups in total. The summed E-state index contributed by atoms with van der Waals surface area (Å²) in [6, 6.07) is 0.161. The average Bonchev–Trinajstić information content (AvgIpc) is 2.89. The number of hydrogen-bond acceptors (Lipinski definition) is 4. The van der Waals surface area contributed by atoms with Crippen molar-refractivity contribution in [3.8, 4) is 0 Å². The molecule has 18 heavy (non-hydrogen) atoms. The van der Waals surface area contributed by atoms with E-state index in [0.29, 0.717) is 17.5 Å². The molecule has 5 nitrogen and oxygen atoms in total. The Balaban J connectivity index is 1.98. The quantitative estimate of drug-likeness (QED) is 0.854. The van der Waals surface area contributed by atoms with E-state index in [2.05, 4.69) is 15.6 Å². The molecule has 2 unspecified atom stereocenters. The SMILES string of the molecule is CCC(C)NC(=O)c1coc(C2CCCNC2)n1. The van der Waals surface area contributed by atoms with Gasteiger partial charge in [-0.25, -0.2) is 4.98 Å². The highest BCUT2D eigenvalue weighted by molar-refractivity contribution is 5.92. The summed E-state index contributed by atoms with van der Waals surface area (Å²) in [7, 11) is 0. The molecular formula is C13H21N3O2. The van der Waals surface area contributed by atoms with Gasteiger partial charge in [-0.2, -0.15) is 0 Å². The second-order valence-electron chi connectivity index (χ2n) is 4.90. The molecular weight excluding hydrogens is 230 g/mol. The van der Waals surface area contributed by atoms with Crippen LogP contribution in [0.3, 0.4) is 0 Å². The van der Waals surface area contributed by atoms with Crippen LogP contribution in [0.5, 0.6) is 0 Å². The summed E-state index contributed by atoms with van der Waals surface area (Å²) in [5.74, 6) is 0.823. The molecule has 1 amide bonds. The van der Waals surface area contributed by atoms with Gasteiger partial charge in [-0.1, -0.05) is 6.92 Å². The summed E-state index contributed by atoms with van der Waals surface area (Å²) >= 11 is 0. The van der Waals surface area contributed by atoms with E-state index in [9.17, 15) is 4.79 Å². The third-order valence-electron chi connectivity index (χ3n) is 3.39. The topological polar surface area (TPSA) is 67.2 Å². The standard InChI is InChI=1S/C13H21N3O2/c1-3-9(2)15-12(17)11-8-18-13(16-11)10-5-4-6-14-7-10/h8-10,14H,3-7H2,1-2H3,(H,15,17). The maximum absolute atomic E-state index is 11.9. The molecule has 1 fully saturated rings. The lowest BCUT2D eigenvalue weighted by Crippen LogP contribution is -2.32. The fraction of sp³-hybridized carbons (Fsp3) is 0.692. The first kappa shape index (κ1) is 13.1. The molecule has 0 radical (unpaired) electrons. The zero-order chi connectivity index (χ0) is 13.0. The van der Waals surface area contributed by atoms with Crippen molar-refractivity contribution < 1.29 is 9.21 Å². The first-order valence-corrected chi connectivity index (χ1v) is 6.67. The second-order valence-corrected chi connectivity index (χ2v) is 4.90. The molecule has 1 aromatic heterocycles. The summed E-state index contributed by atoms with van der Waals surface area (Å²) in [6.45, 7) is 5.95. The first-order chi connectivity index (χ1) is 8.70. The summed E-state index contributed by atoms with van der Waals surface area (Å²) in [4.78, 5) is 16.2. The molecule has 100 valence electrons. The number of aromatic nitrogens is 1. The maximum atomic E-state index is 11.9. The van der Waals surface area contributed by atoms with Gasteiger partial charge in [0.1, 0.15) is 6.26 Å². The Morgan fingerprint density at radius 3 is 3.22 bits per heavy atom. The van der Waals surface area contributed by atoms with Gasteiger partial charge in [0.15, 0.2) is 11.6 Å². The van der Waals surface area contributed by atoms with Crippen LogP contribution in [0, 0.1) is 0 Å². The number of rotatable bonds is 4. The van der Waals surface area contributed by atoms with Gasteiger partial charge >= 0.3 is 0 Å². The van der Waals surface area contributed by atoms with Gasteiger partial charge < -0.3 is 15.1 Å². The zero-order valence-corrected chi connectivity index (χ0v) is 11.0. The van der Waals surface area contributed by atoms with E-state index in [1.165, 1.54) is 6.26 Å². The summed E-state index contributed by atoms with van der Waals surface area (Å²) < 4.78 is 5.43. The van der Waals surface area contributed by atoms with Crippen molar-refractivity contribution in [3.05, 3.63) is 17.8 Å². The van der Waals surface area contributed by atoms with Crippen molar-refractivity contribution in [2.45, 2.75) is 45.1 Å². The summed E-state index contributed by atoms with van der Waals surface area (Å²) in [6.07, 6.45) is 4.56. The van der Waals surface area contributed by atoms with Gasteiger partial charge in [0.2, 0.25) is 0 Å². The first-order valence-electron chi connectivity index (χ1n) is 6.67. The Labute approximate surface area is 107 Å². The van der Waals surface area contributed by atoms with Crippen LogP contribution in [0.25, 0.3) is 0 Å². The molecule has 1 aliphatic rings. The molecule has 0 saturated carbocycles. The third kappa shape index (κ3) is 3.10. The molecule has 5 heteroatoms. The van der Waals surface area contributed by atoms with Crippen LogP contribution in [0.15, 0.2) is 10.7 Å². The van der Waals surface area contributed by atoms with Crippen LogP contribution in [0.1, 0.15) is 55.4 Å². The van der Waals surface area contributed by atoms with Crippen LogP contribution in [-0.2, 0) is 0 Å². The highest BCUT2D eigenvalue weighted by Crippen LogP contribution is 2.22. The second kappa shape index (κ2) is 6.00. The predicted molar refractivity (Wildman–Crippen MR) is 68.6 cm³/mol.